The first kappa shape index (κ1) is 12.9. The number of hydrogen-bond acceptors (Lipinski definition) is 3. The first-order valence-electron chi connectivity index (χ1n) is 5.45. The van der Waals surface area contributed by atoms with Crippen LogP contribution in [-0.4, -0.2) is 38.4 Å². The van der Waals surface area contributed by atoms with Gasteiger partial charge in [0.2, 0.25) is 0 Å². The lowest BCUT2D eigenvalue weighted by atomic mass is 10.1. The monoisotopic (exact) mass is 235 g/mol. The molecule has 6 heteroatoms. The molecule has 0 saturated carbocycles. The maximum Gasteiger partial charge on any atom is 0.279 e. The summed E-state index contributed by atoms with van der Waals surface area (Å²) in [4.78, 5) is 0. The van der Waals surface area contributed by atoms with Gasteiger partial charge >= 0.3 is 0 Å². The van der Waals surface area contributed by atoms with E-state index in [4.69, 9.17) is 5.73 Å². The molecule has 1 saturated heterocycles. The predicted octanol–water partition coefficient (Wildman–Crippen LogP) is -0.100. The first-order valence-corrected chi connectivity index (χ1v) is 6.89. The van der Waals surface area contributed by atoms with E-state index < -0.39 is 10.2 Å². The molecule has 1 aliphatic heterocycles. The van der Waals surface area contributed by atoms with Crippen LogP contribution in [-0.2, 0) is 10.2 Å². The number of nitrogens with two attached hydrogens (primary N) is 1. The topological polar surface area (TPSA) is 75.4 Å². The molecule has 0 aromatic heterocycles. The molecule has 2 atom stereocenters. The van der Waals surface area contributed by atoms with Crippen LogP contribution in [0.25, 0.3) is 0 Å². The summed E-state index contributed by atoms with van der Waals surface area (Å²) in [6, 6.07) is -0.111. The van der Waals surface area contributed by atoms with E-state index in [-0.39, 0.29) is 12.0 Å². The molecule has 3 N–H and O–H groups in total. The molecule has 0 aromatic carbocycles. The molecular formula is C9H21N3O2S. The smallest absolute Gasteiger partial charge is 0.279 e. The van der Waals surface area contributed by atoms with Crippen molar-refractivity contribution in [2.24, 2.45) is 11.7 Å². The van der Waals surface area contributed by atoms with Gasteiger partial charge in [0.1, 0.15) is 0 Å². The third-order valence-electron chi connectivity index (χ3n) is 2.97. The SMILES string of the molecule is CC(CN)C(C)NS(=O)(=O)N1CCCC1. The Labute approximate surface area is 92.2 Å². The van der Waals surface area contributed by atoms with E-state index in [0.29, 0.717) is 19.6 Å². The molecule has 5 nitrogen and oxygen atoms in total. The molecule has 0 spiro atoms. The Hall–Kier alpha value is -0.170. The normalized spacial score (nSPS) is 22.9. The minimum atomic E-state index is -3.29. The van der Waals surface area contributed by atoms with E-state index in [9.17, 15) is 8.42 Å². The van der Waals surface area contributed by atoms with Crippen molar-refractivity contribution in [3.63, 3.8) is 0 Å². The van der Waals surface area contributed by atoms with Crippen LogP contribution < -0.4 is 10.5 Å². The summed E-state index contributed by atoms with van der Waals surface area (Å²) in [5.41, 5.74) is 5.50. The van der Waals surface area contributed by atoms with Crippen molar-refractivity contribution in [2.75, 3.05) is 19.6 Å². The Kier molecular flexibility index (Phi) is 4.51. The van der Waals surface area contributed by atoms with Gasteiger partial charge in [-0.2, -0.15) is 17.4 Å². The summed E-state index contributed by atoms with van der Waals surface area (Å²) in [5, 5.41) is 0. The summed E-state index contributed by atoms with van der Waals surface area (Å²) in [7, 11) is -3.29. The van der Waals surface area contributed by atoms with Crippen LogP contribution in [0, 0.1) is 5.92 Å². The van der Waals surface area contributed by atoms with Crippen LogP contribution in [0.5, 0.6) is 0 Å². The summed E-state index contributed by atoms with van der Waals surface area (Å²) < 4.78 is 27.8. The lowest BCUT2D eigenvalue weighted by Crippen LogP contribution is -2.46. The van der Waals surface area contributed by atoms with Crippen molar-refractivity contribution in [3.8, 4) is 0 Å². The Morgan fingerprint density at radius 2 is 1.87 bits per heavy atom. The number of rotatable bonds is 5. The van der Waals surface area contributed by atoms with Crippen LogP contribution in [0.1, 0.15) is 26.7 Å². The highest BCUT2D eigenvalue weighted by Crippen LogP contribution is 2.12. The lowest BCUT2D eigenvalue weighted by molar-refractivity contribution is 0.417. The molecule has 0 aromatic rings. The molecule has 1 fully saturated rings. The zero-order valence-electron chi connectivity index (χ0n) is 9.44. The van der Waals surface area contributed by atoms with E-state index in [1.807, 2.05) is 13.8 Å². The third kappa shape index (κ3) is 3.41. The van der Waals surface area contributed by atoms with Gasteiger partial charge in [0.05, 0.1) is 0 Å². The fourth-order valence-corrected chi connectivity index (χ4v) is 3.15. The van der Waals surface area contributed by atoms with E-state index in [0.717, 1.165) is 12.8 Å². The highest BCUT2D eigenvalue weighted by molar-refractivity contribution is 7.87. The van der Waals surface area contributed by atoms with Crippen LogP contribution in [0.2, 0.25) is 0 Å². The van der Waals surface area contributed by atoms with Crippen molar-refractivity contribution in [2.45, 2.75) is 32.7 Å². The summed E-state index contributed by atoms with van der Waals surface area (Å²) in [5.74, 6) is 0.155. The predicted molar refractivity (Wildman–Crippen MR) is 60.5 cm³/mol. The van der Waals surface area contributed by atoms with Gasteiger partial charge in [-0.05, 0) is 32.2 Å². The number of nitrogens with one attached hydrogen (secondary N) is 1. The van der Waals surface area contributed by atoms with E-state index in [1.54, 1.807) is 0 Å². The van der Waals surface area contributed by atoms with Crippen molar-refractivity contribution in [3.05, 3.63) is 0 Å². The molecule has 0 radical (unpaired) electrons. The van der Waals surface area contributed by atoms with Crippen molar-refractivity contribution in [1.29, 1.82) is 0 Å². The molecule has 2 unspecified atom stereocenters. The third-order valence-corrected chi connectivity index (χ3v) is 4.68. The Balaban J connectivity index is 2.55. The second-order valence-electron chi connectivity index (χ2n) is 4.23. The quantitative estimate of drug-likeness (QED) is 0.698. The van der Waals surface area contributed by atoms with Crippen LogP contribution >= 0.6 is 0 Å². The highest BCUT2D eigenvalue weighted by Gasteiger charge is 2.27. The minimum absolute atomic E-state index is 0.111. The summed E-state index contributed by atoms with van der Waals surface area (Å²) in [6.07, 6.45) is 1.92. The van der Waals surface area contributed by atoms with Gasteiger partial charge in [-0.25, -0.2) is 0 Å². The Morgan fingerprint density at radius 1 is 1.33 bits per heavy atom. The highest BCUT2D eigenvalue weighted by atomic mass is 32.2. The molecule has 1 rings (SSSR count). The Morgan fingerprint density at radius 3 is 2.33 bits per heavy atom. The molecule has 0 amide bonds. The maximum absolute atomic E-state index is 11.8. The summed E-state index contributed by atoms with van der Waals surface area (Å²) >= 11 is 0. The number of hydrogen-bond donors (Lipinski definition) is 2. The standard InChI is InChI=1S/C9H21N3O2S/c1-8(7-10)9(2)11-15(13,14)12-5-3-4-6-12/h8-9,11H,3-7,10H2,1-2H3. The fourth-order valence-electron chi connectivity index (χ4n) is 1.56. The second kappa shape index (κ2) is 5.25. The summed E-state index contributed by atoms with van der Waals surface area (Å²) in [6.45, 7) is 5.56. The van der Waals surface area contributed by atoms with Gasteiger partial charge < -0.3 is 5.73 Å². The van der Waals surface area contributed by atoms with Gasteiger partial charge in [0.25, 0.3) is 10.2 Å². The average molecular weight is 235 g/mol. The van der Waals surface area contributed by atoms with E-state index in [1.165, 1.54) is 4.31 Å². The van der Waals surface area contributed by atoms with Crippen molar-refractivity contribution >= 4 is 10.2 Å². The average Bonchev–Trinajstić information content (AvgIpc) is 2.69. The van der Waals surface area contributed by atoms with Crippen molar-refractivity contribution < 1.29 is 8.42 Å². The molecule has 0 bridgehead atoms. The molecule has 0 aliphatic carbocycles. The minimum Gasteiger partial charge on any atom is -0.330 e. The van der Waals surface area contributed by atoms with Gasteiger partial charge in [-0.1, -0.05) is 6.92 Å². The van der Waals surface area contributed by atoms with Gasteiger partial charge in [-0.3, -0.25) is 0 Å². The fraction of sp³-hybridized carbons (Fsp3) is 1.00. The molecule has 15 heavy (non-hydrogen) atoms. The van der Waals surface area contributed by atoms with Gasteiger partial charge in [-0.15, -0.1) is 0 Å². The van der Waals surface area contributed by atoms with Gasteiger partial charge in [0.15, 0.2) is 0 Å². The zero-order chi connectivity index (χ0) is 11.5. The maximum atomic E-state index is 11.8. The molecule has 1 heterocycles. The molecule has 1 aliphatic rings. The Bertz CT molecular complexity index is 286. The largest absolute Gasteiger partial charge is 0.330 e. The number of nitrogens with zero attached hydrogens (tertiary/aromatic N) is 1. The van der Waals surface area contributed by atoms with Gasteiger partial charge in [0, 0.05) is 19.1 Å². The van der Waals surface area contributed by atoms with Crippen LogP contribution in [0.15, 0.2) is 0 Å². The lowest BCUT2D eigenvalue weighted by Gasteiger charge is -2.23. The molecule has 90 valence electrons. The van der Waals surface area contributed by atoms with Crippen molar-refractivity contribution in [1.82, 2.24) is 9.03 Å². The van der Waals surface area contributed by atoms with Crippen LogP contribution in [0.4, 0.5) is 0 Å². The van der Waals surface area contributed by atoms with Crippen LogP contribution in [0.3, 0.4) is 0 Å². The van der Waals surface area contributed by atoms with E-state index in [2.05, 4.69) is 4.72 Å². The molecular weight excluding hydrogens is 214 g/mol. The van der Waals surface area contributed by atoms with E-state index >= 15 is 0 Å². The second-order valence-corrected chi connectivity index (χ2v) is 5.93. The zero-order valence-corrected chi connectivity index (χ0v) is 10.3. The first-order chi connectivity index (χ1) is 6.97.